The van der Waals surface area contributed by atoms with Crippen LogP contribution in [0, 0.1) is 13.8 Å². The number of anilines is 1. The Hall–Kier alpha value is -1.60. The third-order valence-electron chi connectivity index (χ3n) is 4.91. The summed E-state index contributed by atoms with van der Waals surface area (Å²) < 4.78 is 1.13. The van der Waals surface area contributed by atoms with Gasteiger partial charge in [-0.3, -0.25) is 9.69 Å². The van der Waals surface area contributed by atoms with E-state index in [1.54, 1.807) is 23.1 Å². The number of rotatable bonds is 9. The number of hydrogen-bond donors (Lipinski definition) is 0. The van der Waals surface area contributed by atoms with Crippen molar-refractivity contribution in [3.8, 4) is 0 Å². The minimum atomic E-state index is 0.140. The number of carbonyl (C=O) groups excluding carboxylic acids is 1. The number of aryl methyl sites for hydroxylation is 2. The number of aromatic nitrogens is 1. The third-order valence-corrected chi connectivity index (χ3v) is 7.30. The van der Waals surface area contributed by atoms with E-state index in [9.17, 15) is 4.79 Å². The summed E-state index contributed by atoms with van der Waals surface area (Å²) in [5.41, 5.74) is 3.45. The average Bonchev–Trinajstić information content (AvgIpc) is 3.09. The molecular weight excluding hydrogens is 434 g/mol. The molecule has 0 saturated carbocycles. The summed E-state index contributed by atoms with van der Waals surface area (Å²) in [6.45, 7) is 5.66. The predicted molar refractivity (Wildman–Crippen MR) is 131 cm³/mol. The number of fused-ring (bicyclic) bond motifs is 1. The zero-order valence-electron chi connectivity index (χ0n) is 17.9. The van der Waals surface area contributed by atoms with E-state index in [4.69, 9.17) is 16.6 Å². The van der Waals surface area contributed by atoms with Crippen molar-refractivity contribution >= 4 is 56.0 Å². The predicted octanol–water partition coefficient (Wildman–Crippen LogP) is 6.03. The zero-order valence-corrected chi connectivity index (χ0v) is 20.3. The van der Waals surface area contributed by atoms with E-state index >= 15 is 0 Å². The fourth-order valence-corrected chi connectivity index (χ4v) is 5.06. The Labute approximate surface area is 192 Å². The molecule has 1 amide bonds. The number of likely N-dealkylation sites (N-methyl/N-ethyl adjacent to an activating group) is 1. The number of hydrogen-bond acceptors (Lipinski definition) is 5. The smallest absolute Gasteiger partial charge is 0.228 e. The largest absolute Gasteiger partial charge is 0.308 e. The molecule has 30 heavy (non-hydrogen) atoms. The number of thioether (sulfide) groups is 1. The Morgan fingerprint density at radius 2 is 1.80 bits per heavy atom. The molecule has 160 valence electrons. The molecule has 0 atom stereocenters. The van der Waals surface area contributed by atoms with Gasteiger partial charge in [0.25, 0.3) is 0 Å². The summed E-state index contributed by atoms with van der Waals surface area (Å²) in [7, 11) is 4.05. The van der Waals surface area contributed by atoms with Crippen molar-refractivity contribution in [2.75, 3.05) is 37.8 Å². The number of amides is 1. The van der Waals surface area contributed by atoms with Crippen LogP contribution in [-0.4, -0.2) is 48.7 Å². The maximum absolute atomic E-state index is 13.1. The van der Waals surface area contributed by atoms with Gasteiger partial charge in [0.15, 0.2) is 5.13 Å². The van der Waals surface area contributed by atoms with Gasteiger partial charge in [0.2, 0.25) is 5.91 Å². The van der Waals surface area contributed by atoms with Crippen molar-refractivity contribution in [2.45, 2.75) is 31.6 Å². The summed E-state index contributed by atoms with van der Waals surface area (Å²) >= 11 is 9.29. The van der Waals surface area contributed by atoms with Crippen LogP contribution in [0.15, 0.2) is 41.3 Å². The molecule has 1 aromatic heterocycles. The first-order valence-corrected chi connectivity index (χ1v) is 12.2. The lowest BCUT2D eigenvalue weighted by atomic mass is 10.1. The van der Waals surface area contributed by atoms with Crippen molar-refractivity contribution in [2.24, 2.45) is 0 Å². The van der Waals surface area contributed by atoms with Crippen LogP contribution in [0.5, 0.6) is 0 Å². The summed E-state index contributed by atoms with van der Waals surface area (Å²) in [6.07, 6.45) is 1.34. The lowest BCUT2D eigenvalue weighted by Gasteiger charge is -2.22. The molecule has 3 aromatic rings. The van der Waals surface area contributed by atoms with E-state index in [1.165, 1.54) is 16.0 Å². The highest BCUT2D eigenvalue weighted by Crippen LogP contribution is 2.31. The molecule has 0 radical (unpaired) electrons. The lowest BCUT2D eigenvalue weighted by Crippen LogP contribution is -2.36. The average molecular weight is 462 g/mol. The second-order valence-corrected chi connectivity index (χ2v) is 10.3. The first-order valence-electron chi connectivity index (χ1n) is 10.0. The molecular formula is C23H28ClN3OS2. The van der Waals surface area contributed by atoms with Crippen molar-refractivity contribution in [1.29, 1.82) is 0 Å². The number of nitrogens with zero attached hydrogens (tertiary/aromatic N) is 3. The molecule has 0 unspecified atom stereocenters. The topological polar surface area (TPSA) is 36.4 Å². The fourth-order valence-electron chi connectivity index (χ4n) is 2.99. The van der Waals surface area contributed by atoms with Crippen molar-refractivity contribution in [1.82, 2.24) is 9.88 Å². The summed E-state index contributed by atoms with van der Waals surface area (Å²) in [4.78, 5) is 23.0. The quantitative estimate of drug-likeness (QED) is 0.288. The lowest BCUT2D eigenvalue weighted by molar-refractivity contribution is -0.118. The van der Waals surface area contributed by atoms with Crippen LogP contribution in [-0.2, 0) is 4.79 Å². The number of halogens is 1. The van der Waals surface area contributed by atoms with Crippen LogP contribution < -0.4 is 4.90 Å². The van der Waals surface area contributed by atoms with Crippen LogP contribution in [0.25, 0.3) is 10.2 Å². The Morgan fingerprint density at radius 1 is 1.10 bits per heavy atom. The molecule has 0 fully saturated rings. The Morgan fingerprint density at radius 3 is 2.50 bits per heavy atom. The van der Waals surface area contributed by atoms with E-state index in [1.807, 2.05) is 43.3 Å². The van der Waals surface area contributed by atoms with Crippen LogP contribution in [0.3, 0.4) is 0 Å². The van der Waals surface area contributed by atoms with Gasteiger partial charge in [-0.1, -0.05) is 22.9 Å². The van der Waals surface area contributed by atoms with Gasteiger partial charge in [0.1, 0.15) is 0 Å². The van der Waals surface area contributed by atoms with E-state index in [2.05, 4.69) is 30.9 Å². The summed E-state index contributed by atoms with van der Waals surface area (Å²) in [6, 6.07) is 12.1. The molecule has 0 aliphatic carbocycles. The first-order chi connectivity index (χ1) is 14.3. The Kier molecular flexibility index (Phi) is 8.17. The van der Waals surface area contributed by atoms with Crippen molar-refractivity contribution in [3.05, 3.63) is 52.5 Å². The van der Waals surface area contributed by atoms with Gasteiger partial charge in [0, 0.05) is 29.4 Å². The van der Waals surface area contributed by atoms with Gasteiger partial charge in [-0.2, -0.15) is 0 Å². The van der Waals surface area contributed by atoms with E-state index in [0.717, 1.165) is 39.1 Å². The van der Waals surface area contributed by atoms with Crippen LogP contribution in [0.1, 0.15) is 24.0 Å². The minimum absolute atomic E-state index is 0.140. The molecule has 2 aromatic carbocycles. The van der Waals surface area contributed by atoms with Gasteiger partial charge in [0.05, 0.1) is 10.2 Å². The van der Waals surface area contributed by atoms with E-state index in [-0.39, 0.29) is 5.91 Å². The standard InChI is InChI=1S/C23H28ClN3OS2/c1-16-14-20-21(15-17(16)2)30-23(25-20)27(12-11-26(3)4)22(28)6-5-13-29-19-9-7-18(24)8-10-19/h7-10,14-15H,5-6,11-13H2,1-4H3. The molecule has 1 heterocycles. The minimum Gasteiger partial charge on any atom is -0.308 e. The molecule has 3 rings (SSSR count). The second kappa shape index (κ2) is 10.6. The van der Waals surface area contributed by atoms with Gasteiger partial charge in [-0.15, -0.1) is 11.8 Å². The monoisotopic (exact) mass is 461 g/mol. The molecule has 0 aliphatic heterocycles. The molecule has 0 saturated heterocycles. The van der Waals surface area contributed by atoms with Gasteiger partial charge >= 0.3 is 0 Å². The van der Waals surface area contributed by atoms with Crippen LogP contribution in [0.4, 0.5) is 5.13 Å². The van der Waals surface area contributed by atoms with E-state index in [0.29, 0.717) is 13.0 Å². The van der Waals surface area contributed by atoms with Crippen LogP contribution >= 0.6 is 34.7 Å². The molecule has 0 spiro atoms. The van der Waals surface area contributed by atoms with Crippen LogP contribution in [0.2, 0.25) is 5.02 Å². The molecule has 0 N–H and O–H groups in total. The highest BCUT2D eigenvalue weighted by molar-refractivity contribution is 7.99. The van der Waals surface area contributed by atoms with Gasteiger partial charge in [-0.25, -0.2) is 4.98 Å². The SMILES string of the molecule is Cc1cc2nc(N(CCN(C)C)C(=O)CCCSc3ccc(Cl)cc3)sc2cc1C. The third kappa shape index (κ3) is 6.20. The maximum Gasteiger partial charge on any atom is 0.228 e. The molecule has 4 nitrogen and oxygen atoms in total. The van der Waals surface area contributed by atoms with Crippen molar-refractivity contribution < 1.29 is 4.79 Å². The normalized spacial score (nSPS) is 11.4. The van der Waals surface area contributed by atoms with Gasteiger partial charge in [-0.05, 0) is 87.6 Å². The molecule has 7 heteroatoms. The first kappa shape index (κ1) is 23.1. The van der Waals surface area contributed by atoms with E-state index < -0.39 is 0 Å². The molecule has 0 bridgehead atoms. The highest BCUT2D eigenvalue weighted by atomic mass is 35.5. The second-order valence-electron chi connectivity index (χ2n) is 7.66. The summed E-state index contributed by atoms with van der Waals surface area (Å²) in [5, 5.41) is 1.54. The fraction of sp³-hybridized carbons (Fsp3) is 0.391. The zero-order chi connectivity index (χ0) is 21.7. The Bertz CT molecular complexity index is 963. The number of benzene rings is 2. The molecule has 0 aliphatic rings. The van der Waals surface area contributed by atoms with Gasteiger partial charge < -0.3 is 4.90 Å². The highest BCUT2D eigenvalue weighted by Gasteiger charge is 2.20. The Balaban J connectivity index is 1.66. The number of thiazole rings is 1. The summed E-state index contributed by atoms with van der Waals surface area (Å²) in [5.74, 6) is 1.04. The maximum atomic E-state index is 13.1. The number of carbonyl (C=O) groups is 1. The van der Waals surface area contributed by atoms with Crippen molar-refractivity contribution in [3.63, 3.8) is 0 Å².